The second-order valence-corrected chi connectivity index (χ2v) is 6.70. The summed E-state index contributed by atoms with van der Waals surface area (Å²) in [5.74, 6) is 1.23. The smallest absolute Gasteiger partial charge is 0.127 e. The molecule has 2 aromatic rings. The topological polar surface area (TPSA) is 38.5 Å². The molecule has 24 heavy (non-hydrogen) atoms. The van der Waals surface area contributed by atoms with E-state index in [0.29, 0.717) is 12.5 Å². The molecule has 2 atom stereocenters. The first-order valence-corrected chi connectivity index (χ1v) is 8.48. The van der Waals surface area contributed by atoms with Crippen LogP contribution in [-0.4, -0.2) is 31.1 Å². The first-order valence-electron chi connectivity index (χ1n) is 8.48. The lowest BCUT2D eigenvalue weighted by atomic mass is 9.89. The van der Waals surface area contributed by atoms with E-state index in [1.54, 1.807) is 13.2 Å². The minimum Gasteiger partial charge on any atom is -0.497 e. The van der Waals surface area contributed by atoms with Gasteiger partial charge in [-0.15, -0.1) is 0 Å². The van der Waals surface area contributed by atoms with Crippen molar-refractivity contribution in [3.63, 3.8) is 0 Å². The first kappa shape index (κ1) is 16.9. The van der Waals surface area contributed by atoms with Gasteiger partial charge in [0.05, 0.1) is 7.11 Å². The van der Waals surface area contributed by atoms with Crippen LogP contribution in [0.15, 0.2) is 48.5 Å². The van der Waals surface area contributed by atoms with Crippen LogP contribution in [0.25, 0.3) is 0 Å². The Bertz CT molecular complexity index is 659. The highest BCUT2D eigenvalue weighted by atomic mass is 19.1. The quantitative estimate of drug-likeness (QED) is 0.916. The molecule has 1 saturated heterocycles. The van der Waals surface area contributed by atoms with Gasteiger partial charge in [0.15, 0.2) is 0 Å². The van der Waals surface area contributed by atoms with Crippen LogP contribution >= 0.6 is 0 Å². The maximum absolute atomic E-state index is 13.9. The van der Waals surface area contributed by atoms with E-state index < -0.39 is 0 Å². The predicted molar refractivity (Wildman–Crippen MR) is 94.5 cm³/mol. The molecule has 2 N–H and O–H groups in total. The predicted octanol–water partition coefficient (Wildman–Crippen LogP) is 3.23. The summed E-state index contributed by atoms with van der Waals surface area (Å²) in [5.41, 5.74) is 8.29. The van der Waals surface area contributed by atoms with Crippen molar-refractivity contribution >= 4 is 0 Å². The lowest BCUT2D eigenvalue weighted by Gasteiger charge is -2.36. The monoisotopic (exact) mass is 328 g/mol. The minimum absolute atomic E-state index is 0.136. The summed E-state index contributed by atoms with van der Waals surface area (Å²) in [6.07, 6.45) is 2.01. The molecule has 1 heterocycles. The van der Waals surface area contributed by atoms with Gasteiger partial charge < -0.3 is 10.5 Å². The number of nitrogens with zero attached hydrogens (tertiary/aromatic N) is 1. The maximum Gasteiger partial charge on any atom is 0.127 e. The third kappa shape index (κ3) is 4.34. The zero-order valence-electron chi connectivity index (χ0n) is 14.1. The van der Waals surface area contributed by atoms with Crippen molar-refractivity contribution < 1.29 is 9.13 Å². The van der Waals surface area contributed by atoms with Gasteiger partial charge in [0, 0.05) is 31.2 Å². The number of benzene rings is 2. The molecular formula is C20H25FN2O. The van der Waals surface area contributed by atoms with Crippen molar-refractivity contribution in [2.75, 3.05) is 20.2 Å². The Hall–Kier alpha value is -1.91. The van der Waals surface area contributed by atoms with Crippen LogP contribution in [0.2, 0.25) is 0 Å². The van der Waals surface area contributed by atoms with Crippen LogP contribution in [0.5, 0.6) is 5.75 Å². The normalized spacial score (nSPS) is 21.6. The standard InChI is InChI=1S/C20H25FN2O/c1-24-19-8-6-15(7-9-19)10-16-11-18(22)14-23(12-16)13-17-4-2-3-5-20(17)21/h2-9,16,18H,10-14,22H2,1H3. The lowest BCUT2D eigenvalue weighted by Crippen LogP contribution is -2.47. The number of rotatable bonds is 5. The summed E-state index contributed by atoms with van der Waals surface area (Å²) < 4.78 is 19.1. The Labute approximate surface area is 143 Å². The summed E-state index contributed by atoms with van der Waals surface area (Å²) in [5, 5.41) is 0. The molecule has 3 nitrogen and oxygen atoms in total. The van der Waals surface area contributed by atoms with E-state index in [4.69, 9.17) is 10.5 Å². The average molecular weight is 328 g/mol. The van der Waals surface area contributed by atoms with Crippen molar-refractivity contribution in [3.05, 3.63) is 65.5 Å². The van der Waals surface area contributed by atoms with Crippen LogP contribution in [0, 0.1) is 11.7 Å². The fourth-order valence-electron chi connectivity index (χ4n) is 3.59. The molecule has 1 aliphatic rings. The zero-order chi connectivity index (χ0) is 16.9. The van der Waals surface area contributed by atoms with Gasteiger partial charge in [-0.1, -0.05) is 30.3 Å². The number of piperidine rings is 1. The SMILES string of the molecule is COc1ccc(CC2CC(N)CN(Cc3ccccc3F)C2)cc1. The maximum atomic E-state index is 13.9. The van der Waals surface area contributed by atoms with E-state index >= 15 is 0 Å². The van der Waals surface area contributed by atoms with Gasteiger partial charge in [-0.25, -0.2) is 4.39 Å². The second-order valence-electron chi connectivity index (χ2n) is 6.70. The number of likely N-dealkylation sites (tertiary alicyclic amines) is 1. The Balaban J connectivity index is 1.63. The molecule has 3 rings (SSSR count). The highest BCUT2D eigenvalue weighted by Crippen LogP contribution is 2.23. The van der Waals surface area contributed by atoms with E-state index in [0.717, 1.165) is 37.2 Å². The van der Waals surface area contributed by atoms with Crippen LogP contribution < -0.4 is 10.5 Å². The molecule has 0 spiro atoms. The molecule has 0 radical (unpaired) electrons. The molecule has 2 aromatic carbocycles. The molecule has 4 heteroatoms. The Morgan fingerprint density at radius 1 is 1.12 bits per heavy atom. The van der Waals surface area contributed by atoms with Gasteiger partial charge in [-0.05, 0) is 42.5 Å². The second kappa shape index (κ2) is 7.77. The number of hydrogen-bond acceptors (Lipinski definition) is 3. The van der Waals surface area contributed by atoms with Crippen molar-refractivity contribution in [2.45, 2.75) is 25.4 Å². The molecule has 1 fully saturated rings. The molecule has 0 aromatic heterocycles. The number of ether oxygens (including phenoxy) is 1. The van der Waals surface area contributed by atoms with Crippen LogP contribution in [0.4, 0.5) is 4.39 Å². The number of halogens is 1. The van der Waals surface area contributed by atoms with E-state index in [1.807, 2.05) is 24.3 Å². The summed E-state index contributed by atoms with van der Waals surface area (Å²) >= 11 is 0. The van der Waals surface area contributed by atoms with Gasteiger partial charge in [0.1, 0.15) is 11.6 Å². The van der Waals surface area contributed by atoms with E-state index in [9.17, 15) is 4.39 Å². The highest BCUT2D eigenvalue weighted by Gasteiger charge is 2.25. The summed E-state index contributed by atoms with van der Waals surface area (Å²) in [6, 6.07) is 15.4. The van der Waals surface area contributed by atoms with Gasteiger partial charge in [-0.2, -0.15) is 0 Å². The molecular weight excluding hydrogens is 303 g/mol. The largest absolute Gasteiger partial charge is 0.497 e. The molecule has 2 unspecified atom stereocenters. The van der Waals surface area contributed by atoms with Gasteiger partial charge in [-0.3, -0.25) is 4.90 Å². The van der Waals surface area contributed by atoms with Gasteiger partial charge in [0.25, 0.3) is 0 Å². The van der Waals surface area contributed by atoms with E-state index in [2.05, 4.69) is 17.0 Å². The summed E-state index contributed by atoms with van der Waals surface area (Å²) in [7, 11) is 1.68. The zero-order valence-corrected chi connectivity index (χ0v) is 14.1. The fraction of sp³-hybridized carbons (Fsp3) is 0.400. The van der Waals surface area contributed by atoms with Gasteiger partial charge >= 0.3 is 0 Å². The van der Waals surface area contributed by atoms with Gasteiger partial charge in [0.2, 0.25) is 0 Å². The number of methoxy groups -OCH3 is 1. The summed E-state index contributed by atoms with van der Waals surface area (Å²) in [4.78, 5) is 2.28. The molecule has 0 amide bonds. The van der Waals surface area contributed by atoms with Crippen molar-refractivity contribution in [1.29, 1.82) is 0 Å². The van der Waals surface area contributed by atoms with Crippen molar-refractivity contribution in [1.82, 2.24) is 4.90 Å². The Kier molecular flexibility index (Phi) is 5.48. The fourth-order valence-corrected chi connectivity index (χ4v) is 3.59. The molecule has 128 valence electrons. The Morgan fingerprint density at radius 3 is 2.58 bits per heavy atom. The number of hydrogen-bond donors (Lipinski definition) is 1. The number of nitrogens with two attached hydrogens (primary N) is 1. The molecule has 0 saturated carbocycles. The highest BCUT2D eigenvalue weighted by molar-refractivity contribution is 5.27. The van der Waals surface area contributed by atoms with Crippen molar-refractivity contribution in [3.8, 4) is 5.75 Å². The molecule has 0 bridgehead atoms. The van der Waals surface area contributed by atoms with Crippen LogP contribution in [0.3, 0.4) is 0 Å². The molecule has 1 aliphatic heterocycles. The van der Waals surface area contributed by atoms with Crippen LogP contribution in [-0.2, 0) is 13.0 Å². The van der Waals surface area contributed by atoms with E-state index in [1.165, 1.54) is 11.6 Å². The third-order valence-electron chi connectivity index (χ3n) is 4.68. The van der Waals surface area contributed by atoms with Crippen molar-refractivity contribution in [2.24, 2.45) is 11.7 Å². The Morgan fingerprint density at radius 2 is 1.88 bits per heavy atom. The first-order chi connectivity index (χ1) is 11.6. The van der Waals surface area contributed by atoms with E-state index in [-0.39, 0.29) is 11.9 Å². The lowest BCUT2D eigenvalue weighted by molar-refractivity contribution is 0.148. The summed E-state index contributed by atoms with van der Waals surface area (Å²) in [6.45, 7) is 2.40. The third-order valence-corrected chi connectivity index (χ3v) is 4.68. The minimum atomic E-state index is -0.136. The average Bonchev–Trinajstić information content (AvgIpc) is 2.57. The molecule has 0 aliphatic carbocycles. The van der Waals surface area contributed by atoms with Crippen LogP contribution in [0.1, 0.15) is 17.5 Å².